The van der Waals surface area contributed by atoms with Crippen molar-refractivity contribution in [1.29, 1.82) is 0 Å². The van der Waals surface area contributed by atoms with E-state index in [2.05, 4.69) is 43.4 Å². The molecule has 0 heterocycles. The van der Waals surface area contributed by atoms with E-state index in [1.165, 1.54) is 0 Å². The third kappa shape index (κ3) is 6.17. The molecule has 2 N–H and O–H groups in total. The lowest BCUT2D eigenvalue weighted by Crippen LogP contribution is -2.37. The summed E-state index contributed by atoms with van der Waals surface area (Å²) in [5.41, 5.74) is 1.77. The van der Waals surface area contributed by atoms with Gasteiger partial charge >= 0.3 is 0 Å². The van der Waals surface area contributed by atoms with Crippen LogP contribution in [0.2, 0.25) is 0 Å². The highest BCUT2D eigenvalue weighted by Gasteiger charge is 2.08. The number of carbonyl (C=O) groups is 1. The van der Waals surface area contributed by atoms with Gasteiger partial charge in [-0.05, 0) is 51.1 Å². The number of rotatable bonds is 9. The number of carbonyl (C=O) groups excluding carboxylic acids is 1. The normalized spacial score (nSPS) is 12.2. The SMILES string of the molecule is CCCNc1ccc(C(=O)NCCN(C)C(C)CC)cc1. The van der Waals surface area contributed by atoms with Crippen LogP contribution in [0.15, 0.2) is 24.3 Å². The van der Waals surface area contributed by atoms with E-state index in [1.807, 2.05) is 24.3 Å². The predicted molar refractivity (Wildman–Crippen MR) is 89.9 cm³/mol. The van der Waals surface area contributed by atoms with Crippen LogP contribution in [-0.2, 0) is 0 Å². The largest absolute Gasteiger partial charge is 0.385 e. The van der Waals surface area contributed by atoms with Gasteiger partial charge in [-0.25, -0.2) is 0 Å². The van der Waals surface area contributed by atoms with Gasteiger partial charge in [0, 0.05) is 36.9 Å². The van der Waals surface area contributed by atoms with Gasteiger partial charge in [0.1, 0.15) is 0 Å². The molecule has 0 aliphatic rings. The highest BCUT2D eigenvalue weighted by atomic mass is 16.1. The molecule has 1 amide bonds. The first-order valence-electron chi connectivity index (χ1n) is 7.90. The maximum Gasteiger partial charge on any atom is 0.251 e. The molecule has 1 aromatic carbocycles. The molecule has 4 nitrogen and oxygen atoms in total. The van der Waals surface area contributed by atoms with Crippen LogP contribution in [0.5, 0.6) is 0 Å². The maximum absolute atomic E-state index is 12.0. The van der Waals surface area contributed by atoms with Crippen LogP contribution in [0, 0.1) is 0 Å². The number of amides is 1. The molecule has 0 aliphatic heterocycles. The van der Waals surface area contributed by atoms with Crippen LogP contribution >= 0.6 is 0 Å². The number of benzene rings is 1. The number of anilines is 1. The van der Waals surface area contributed by atoms with Gasteiger partial charge in [-0.2, -0.15) is 0 Å². The van der Waals surface area contributed by atoms with Crippen molar-refractivity contribution in [2.75, 3.05) is 32.0 Å². The van der Waals surface area contributed by atoms with Crippen molar-refractivity contribution >= 4 is 11.6 Å². The van der Waals surface area contributed by atoms with Gasteiger partial charge in [-0.1, -0.05) is 13.8 Å². The van der Waals surface area contributed by atoms with Crippen molar-refractivity contribution in [3.05, 3.63) is 29.8 Å². The second-order valence-corrected chi connectivity index (χ2v) is 5.50. The molecular formula is C17H29N3O. The quantitative estimate of drug-likeness (QED) is 0.735. The summed E-state index contributed by atoms with van der Waals surface area (Å²) in [6, 6.07) is 8.19. The molecule has 0 spiro atoms. The van der Waals surface area contributed by atoms with E-state index in [9.17, 15) is 4.79 Å². The molecule has 0 fully saturated rings. The van der Waals surface area contributed by atoms with Gasteiger partial charge in [-0.3, -0.25) is 4.79 Å². The Bertz CT molecular complexity index is 417. The molecule has 0 aliphatic carbocycles. The lowest BCUT2D eigenvalue weighted by atomic mass is 10.2. The molecular weight excluding hydrogens is 262 g/mol. The van der Waals surface area contributed by atoms with Crippen LogP contribution < -0.4 is 10.6 Å². The molecule has 0 radical (unpaired) electrons. The van der Waals surface area contributed by atoms with Crippen LogP contribution in [0.3, 0.4) is 0 Å². The zero-order chi connectivity index (χ0) is 15.7. The average Bonchev–Trinajstić information content (AvgIpc) is 2.52. The minimum absolute atomic E-state index is 0.00501. The molecule has 1 atom stereocenters. The zero-order valence-electron chi connectivity index (χ0n) is 13.8. The third-order valence-corrected chi connectivity index (χ3v) is 3.82. The van der Waals surface area contributed by atoms with Gasteiger partial charge in [0.15, 0.2) is 0 Å². The fourth-order valence-electron chi connectivity index (χ4n) is 1.99. The molecule has 1 rings (SSSR count). The smallest absolute Gasteiger partial charge is 0.251 e. The molecule has 1 aromatic rings. The second-order valence-electron chi connectivity index (χ2n) is 5.50. The minimum atomic E-state index is -0.00501. The summed E-state index contributed by atoms with van der Waals surface area (Å²) in [4.78, 5) is 14.3. The Morgan fingerprint density at radius 2 is 1.86 bits per heavy atom. The Labute approximate surface area is 128 Å². The summed E-state index contributed by atoms with van der Waals surface area (Å²) in [5.74, 6) is -0.00501. The average molecular weight is 291 g/mol. The summed E-state index contributed by atoms with van der Waals surface area (Å²) in [6.45, 7) is 9.00. The molecule has 4 heteroatoms. The van der Waals surface area contributed by atoms with Gasteiger partial charge in [-0.15, -0.1) is 0 Å². The first-order valence-corrected chi connectivity index (χ1v) is 7.90. The second kappa shape index (κ2) is 9.40. The summed E-state index contributed by atoms with van der Waals surface area (Å²) in [6.07, 6.45) is 2.21. The molecule has 0 saturated heterocycles. The maximum atomic E-state index is 12.0. The van der Waals surface area contributed by atoms with Crippen molar-refractivity contribution in [3.63, 3.8) is 0 Å². The van der Waals surface area contributed by atoms with Crippen molar-refractivity contribution in [2.24, 2.45) is 0 Å². The van der Waals surface area contributed by atoms with E-state index in [0.29, 0.717) is 18.2 Å². The number of nitrogens with one attached hydrogen (secondary N) is 2. The Kier molecular flexibility index (Phi) is 7.83. The monoisotopic (exact) mass is 291 g/mol. The Morgan fingerprint density at radius 1 is 1.19 bits per heavy atom. The van der Waals surface area contributed by atoms with E-state index < -0.39 is 0 Å². The zero-order valence-corrected chi connectivity index (χ0v) is 13.8. The Balaban J connectivity index is 2.38. The summed E-state index contributed by atoms with van der Waals surface area (Å²) < 4.78 is 0. The van der Waals surface area contributed by atoms with Crippen LogP contribution in [0.4, 0.5) is 5.69 Å². The molecule has 21 heavy (non-hydrogen) atoms. The van der Waals surface area contributed by atoms with E-state index in [1.54, 1.807) is 0 Å². The Hall–Kier alpha value is -1.55. The van der Waals surface area contributed by atoms with E-state index >= 15 is 0 Å². The fourth-order valence-corrected chi connectivity index (χ4v) is 1.99. The number of nitrogens with zero attached hydrogens (tertiary/aromatic N) is 1. The lowest BCUT2D eigenvalue weighted by molar-refractivity contribution is 0.0947. The van der Waals surface area contributed by atoms with Crippen molar-refractivity contribution in [1.82, 2.24) is 10.2 Å². The standard InChI is InChI=1S/C17H29N3O/c1-5-11-18-16-9-7-15(8-10-16)17(21)19-12-13-20(4)14(3)6-2/h7-10,14,18H,5-6,11-13H2,1-4H3,(H,19,21). The molecule has 0 bridgehead atoms. The number of hydrogen-bond acceptors (Lipinski definition) is 3. The molecule has 118 valence electrons. The summed E-state index contributed by atoms with van der Waals surface area (Å²) in [5, 5.41) is 6.27. The number of hydrogen-bond donors (Lipinski definition) is 2. The topological polar surface area (TPSA) is 44.4 Å². The predicted octanol–water partition coefficient (Wildman–Crippen LogP) is 2.97. The molecule has 1 unspecified atom stereocenters. The van der Waals surface area contributed by atoms with Crippen molar-refractivity contribution < 1.29 is 4.79 Å². The summed E-state index contributed by atoms with van der Waals surface area (Å²) in [7, 11) is 2.09. The van der Waals surface area contributed by atoms with E-state index in [4.69, 9.17) is 0 Å². The number of likely N-dealkylation sites (N-methyl/N-ethyl adjacent to an activating group) is 1. The Morgan fingerprint density at radius 3 is 2.43 bits per heavy atom. The van der Waals surface area contributed by atoms with Crippen LogP contribution in [0.25, 0.3) is 0 Å². The van der Waals surface area contributed by atoms with Crippen molar-refractivity contribution in [3.8, 4) is 0 Å². The highest BCUT2D eigenvalue weighted by Crippen LogP contribution is 2.09. The van der Waals surface area contributed by atoms with Gasteiger partial charge < -0.3 is 15.5 Å². The first kappa shape index (κ1) is 17.5. The highest BCUT2D eigenvalue weighted by molar-refractivity contribution is 5.94. The van der Waals surface area contributed by atoms with Crippen molar-refractivity contribution in [2.45, 2.75) is 39.7 Å². The lowest BCUT2D eigenvalue weighted by Gasteiger charge is -2.23. The fraction of sp³-hybridized carbons (Fsp3) is 0.588. The van der Waals surface area contributed by atoms with E-state index in [0.717, 1.165) is 31.6 Å². The van der Waals surface area contributed by atoms with Gasteiger partial charge in [0.2, 0.25) is 0 Å². The minimum Gasteiger partial charge on any atom is -0.385 e. The summed E-state index contributed by atoms with van der Waals surface area (Å²) >= 11 is 0. The third-order valence-electron chi connectivity index (χ3n) is 3.82. The molecule has 0 aromatic heterocycles. The van der Waals surface area contributed by atoms with Crippen LogP contribution in [0.1, 0.15) is 44.0 Å². The molecule has 0 saturated carbocycles. The van der Waals surface area contributed by atoms with E-state index in [-0.39, 0.29) is 5.91 Å². The van der Waals surface area contributed by atoms with Gasteiger partial charge in [0.05, 0.1) is 0 Å². The van der Waals surface area contributed by atoms with Gasteiger partial charge in [0.25, 0.3) is 5.91 Å². The van der Waals surface area contributed by atoms with Crippen LogP contribution in [-0.4, -0.2) is 43.5 Å². The first-order chi connectivity index (χ1) is 10.1.